The normalized spacial score (nSPS) is 15.5. The molecule has 0 aliphatic carbocycles. The number of unbranched alkanes of at least 4 members (excludes halogenated alkanes) is 1. The number of rotatable bonds is 6. The van der Waals surface area contributed by atoms with E-state index in [-0.39, 0.29) is 11.3 Å². The van der Waals surface area contributed by atoms with Gasteiger partial charge in [0.15, 0.2) is 0 Å². The van der Waals surface area contributed by atoms with Gasteiger partial charge in [0.2, 0.25) is 0 Å². The van der Waals surface area contributed by atoms with Gasteiger partial charge in [0.1, 0.15) is 11.3 Å². The van der Waals surface area contributed by atoms with Gasteiger partial charge in [-0.15, -0.1) is 0 Å². The summed E-state index contributed by atoms with van der Waals surface area (Å²) in [5, 5.41) is 2.62. The second-order valence-corrected chi connectivity index (χ2v) is 8.10. The molecule has 0 saturated carbocycles. The number of aryl methyl sites for hydroxylation is 1. The van der Waals surface area contributed by atoms with E-state index in [1.165, 1.54) is 12.1 Å². The third-order valence-electron chi connectivity index (χ3n) is 4.54. The first-order valence-electron chi connectivity index (χ1n) is 9.41. The molecule has 1 aliphatic heterocycles. The lowest BCUT2D eigenvalue weighted by molar-refractivity contribution is -0.122. The fourth-order valence-electron chi connectivity index (χ4n) is 2.86. The number of nitrogens with zero attached hydrogens (tertiary/aromatic N) is 1. The van der Waals surface area contributed by atoms with Crippen molar-refractivity contribution in [2.45, 2.75) is 26.7 Å². The lowest BCUT2D eigenvalue weighted by atomic mass is 10.1. The van der Waals surface area contributed by atoms with E-state index in [0.29, 0.717) is 22.9 Å². The molecule has 1 fully saturated rings. The number of anilines is 1. The summed E-state index contributed by atoms with van der Waals surface area (Å²) in [5.74, 6) is -0.955. The molecule has 0 aromatic heterocycles. The number of hydrogen-bond acceptors (Lipinski definition) is 4. The second kappa shape index (κ2) is 9.45. The summed E-state index contributed by atoms with van der Waals surface area (Å²) in [5.41, 5.74) is 1.46. The molecule has 156 valence electrons. The minimum absolute atomic E-state index is 0.176. The maximum atomic E-state index is 13.1. The Balaban J connectivity index is 2.00. The molecule has 0 bridgehead atoms. The molecule has 4 amide bonds. The number of nitrogens with one attached hydrogen (secondary N) is 1. The zero-order chi connectivity index (χ0) is 21.8. The van der Waals surface area contributed by atoms with Crippen LogP contribution in [0, 0.1) is 6.92 Å². The molecule has 0 atom stereocenters. The van der Waals surface area contributed by atoms with Crippen molar-refractivity contribution in [3.63, 3.8) is 0 Å². The molecule has 0 unspecified atom stereocenters. The zero-order valence-electron chi connectivity index (χ0n) is 16.5. The van der Waals surface area contributed by atoms with E-state index in [0.717, 1.165) is 27.8 Å². The van der Waals surface area contributed by atoms with Gasteiger partial charge in [0, 0.05) is 15.1 Å². The number of carbonyl (C=O) groups excluding carboxylic acids is 3. The van der Waals surface area contributed by atoms with Crippen molar-refractivity contribution >= 4 is 57.1 Å². The molecule has 30 heavy (non-hydrogen) atoms. The van der Waals surface area contributed by atoms with Gasteiger partial charge >= 0.3 is 6.03 Å². The van der Waals surface area contributed by atoms with E-state index in [4.69, 9.17) is 16.3 Å². The van der Waals surface area contributed by atoms with E-state index in [9.17, 15) is 14.4 Å². The number of ether oxygens (including phenoxy) is 1. The van der Waals surface area contributed by atoms with E-state index < -0.39 is 17.8 Å². The first-order valence-corrected chi connectivity index (χ1v) is 10.6. The highest BCUT2D eigenvalue weighted by Crippen LogP contribution is 2.29. The number of carbonyl (C=O) groups is 3. The molecule has 2 aromatic rings. The van der Waals surface area contributed by atoms with Crippen LogP contribution in [-0.4, -0.2) is 24.5 Å². The van der Waals surface area contributed by atoms with Crippen LogP contribution in [0.2, 0.25) is 5.02 Å². The van der Waals surface area contributed by atoms with Crippen LogP contribution in [0.15, 0.2) is 46.4 Å². The van der Waals surface area contributed by atoms with Gasteiger partial charge in [-0.05, 0) is 55.3 Å². The third-order valence-corrected chi connectivity index (χ3v) is 5.44. The van der Waals surface area contributed by atoms with E-state index in [1.807, 2.05) is 13.0 Å². The maximum absolute atomic E-state index is 13.1. The predicted molar refractivity (Wildman–Crippen MR) is 120 cm³/mol. The molecule has 8 heteroatoms. The number of barbiturate groups is 1. The molecule has 1 saturated heterocycles. The largest absolute Gasteiger partial charge is 0.493 e. The van der Waals surface area contributed by atoms with E-state index in [2.05, 4.69) is 28.2 Å². The number of benzene rings is 2. The van der Waals surface area contributed by atoms with Gasteiger partial charge < -0.3 is 4.74 Å². The molecule has 0 radical (unpaired) electrons. The molecule has 0 spiro atoms. The molecular weight excluding hydrogens is 472 g/mol. The summed E-state index contributed by atoms with van der Waals surface area (Å²) in [6.45, 7) is 4.38. The van der Waals surface area contributed by atoms with Crippen LogP contribution in [0.25, 0.3) is 6.08 Å². The summed E-state index contributed by atoms with van der Waals surface area (Å²) in [6.07, 6.45) is 3.28. The van der Waals surface area contributed by atoms with Crippen molar-refractivity contribution < 1.29 is 19.1 Å². The second-order valence-electron chi connectivity index (χ2n) is 6.78. The molecule has 3 rings (SSSR count). The van der Waals surface area contributed by atoms with Crippen molar-refractivity contribution in [3.8, 4) is 5.75 Å². The van der Waals surface area contributed by atoms with Crippen molar-refractivity contribution in [2.75, 3.05) is 11.5 Å². The van der Waals surface area contributed by atoms with E-state index >= 15 is 0 Å². The number of imide groups is 2. The van der Waals surface area contributed by atoms with Crippen molar-refractivity contribution in [1.82, 2.24) is 5.32 Å². The Morgan fingerprint density at radius 1 is 1.17 bits per heavy atom. The van der Waals surface area contributed by atoms with Gasteiger partial charge in [0.05, 0.1) is 12.3 Å². The van der Waals surface area contributed by atoms with Gasteiger partial charge in [-0.2, -0.15) is 0 Å². The van der Waals surface area contributed by atoms with Gasteiger partial charge in [-0.1, -0.05) is 46.9 Å². The summed E-state index contributed by atoms with van der Waals surface area (Å²) < 4.78 is 6.56. The maximum Gasteiger partial charge on any atom is 0.335 e. The average molecular weight is 492 g/mol. The third kappa shape index (κ3) is 4.74. The minimum Gasteiger partial charge on any atom is -0.493 e. The van der Waals surface area contributed by atoms with Crippen LogP contribution in [0.3, 0.4) is 0 Å². The van der Waals surface area contributed by atoms with Gasteiger partial charge in [-0.25, -0.2) is 9.69 Å². The SMILES string of the molecule is CCCCOc1ccc(Br)cc1/C=C1\C(=O)NC(=O)N(c2ccc(C)c(Cl)c2)C1=O. The minimum atomic E-state index is -0.823. The van der Waals surface area contributed by atoms with Gasteiger partial charge in [-0.3, -0.25) is 14.9 Å². The topological polar surface area (TPSA) is 75.7 Å². The Morgan fingerprint density at radius 2 is 1.93 bits per heavy atom. The first kappa shape index (κ1) is 22.1. The molecule has 1 aliphatic rings. The fraction of sp³-hybridized carbons (Fsp3) is 0.227. The van der Waals surface area contributed by atoms with Crippen molar-refractivity contribution in [1.29, 1.82) is 0 Å². The van der Waals surface area contributed by atoms with Crippen LogP contribution in [-0.2, 0) is 9.59 Å². The summed E-state index contributed by atoms with van der Waals surface area (Å²) in [6, 6.07) is 9.32. The Morgan fingerprint density at radius 3 is 2.63 bits per heavy atom. The molecule has 2 aromatic carbocycles. The Kier molecular flexibility index (Phi) is 6.95. The van der Waals surface area contributed by atoms with Crippen molar-refractivity contribution in [3.05, 3.63) is 62.6 Å². The number of amides is 4. The Bertz CT molecular complexity index is 1050. The van der Waals surface area contributed by atoms with Crippen LogP contribution in [0.4, 0.5) is 10.5 Å². The predicted octanol–water partition coefficient (Wildman–Crippen LogP) is 5.26. The number of urea groups is 1. The van der Waals surface area contributed by atoms with Crippen LogP contribution in [0.5, 0.6) is 5.75 Å². The van der Waals surface area contributed by atoms with Gasteiger partial charge in [0.25, 0.3) is 11.8 Å². The molecule has 6 nitrogen and oxygen atoms in total. The van der Waals surface area contributed by atoms with E-state index in [1.54, 1.807) is 24.3 Å². The highest BCUT2D eigenvalue weighted by atomic mass is 79.9. The smallest absolute Gasteiger partial charge is 0.335 e. The lowest BCUT2D eigenvalue weighted by Gasteiger charge is -2.26. The quantitative estimate of drug-likeness (QED) is 0.340. The highest BCUT2D eigenvalue weighted by molar-refractivity contribution is 9.10. The number of halogens is 2. The number of hydrogen-bond donors (Lipinski definition) is 1. The summed E-state index contributed by atoms with van der Waals surface area (Å²) >= 11 is 9.55. The van der Waals surface area contributed by atoms with Crippen LogP contribution in [0.1, 0.15) is 30.9 Å². The van der Waals surface area contributed by atoms with Crippen LogP contribution >= 0.6 is 27.5 Å². The average Bonchev–Trinajstić information content (AvgIpc) is 2.69. The molecule has 1 heterocycles. The standard InChI is InChI=1S/C22H20BrClN2O4/c1-3-4-9-30-19-8-6-15(23)10-14(19)11-17-20(27)25-22(29)26(21(17)28)16-7-5-13(2)18(24)12-16/h5-8,10-12H,3-4,9H2,1-2H3,(H,25,27,29)/b17-11+. The molecule has 1 N–H and O–H groups in total. The Hall–Kier alpha value is -2.64. The monoisotopic (exact) mass is 490 g/mol. The lowest BCUT2D eigenvalue weighted by Crippen LogP contribution is -2.54. The van der Waals surface area contributed by atoms with Crippen LogP contribution < -0.4 is 15.0 Å². The summed E-state index contributed by atoms with van der Waals surface area (Å²) in [7, 11) is 0. The zero-order valence-corrected chi connectivity index (χ0v) is 18.8. The first-order chi connectivity index (χ1) is 14.3. The molecular formula is C22H20BrClN2O4. The summed E-state index contributed by atoms with van der Waals surface area (Å²) in [4.78, 5) is 38.8. The highest BCUT2D eigenvalue weighted by Gasteiger charge is 2.37. The fourth-order valence-corrected chi connectivity index (χ4v) is 3.41. The Labute approximate surface area is 188 Å². The van der Waals surface area contributed by atoms with Crippen molar-refractivity contribution in [2.24, 2.45) is 0 Å².